The molecule has 2 fully saturated rings. The normalized spacial score (nSPS) is 24.9. The first kappa shape index (κ1) is 21.2. The fourth-order valence-electron chi connectivity index (χ4n) is 6.02. The third-order valence-corrected chi connectivity index (χ3v) is 7.55. The number of hydrogen-bond acceptors (Lipinski definition) is 1. The van der Waals surface area contributed by atoms with Gasteiger partial charge in [0.15, 0.2) is 0 Å². The van der Waals surface area contributed by atoms with Crippen LogP contribution in [-0.4, -0.2) is 16.5 Å². The van der Waals surface area contributed by atoms with Crippen molar-refractivity contribution in [2.24, 2.45) is 11.3 Å². The maximum absolute atomic E-state index is 14.6. The zero-order valence-corrected chi connectivity index (χ0v) is 19.5. The lowest BCUT2D eigenvalue weighted by Crippen LogP contribution is -2.55. The van der Waals surface area contributed by atoms with Crippen LogP contribution >= 0.6 is 0 Å². The van der Waals surface area contributed by atoms with E-state index in [4.69, 9.17) is 0 Å². The van der Waals surface area contributed by atoms with Crippen LogP contribution in [0.1, 0.15) is 74.9 Å². The molecule has 3 nitrogen and oxygen atoms in total. The molecule has 1 N–H and O–H groups in total. The molecule has 2 saturated carbocycles. The van der Waals surface area contributed by atoms with E-state index in [1.54, 1.807) is 12.1 Å². The molecule has 0 aliphatic heterocycles. The Bertz CT molecular complexity index is 1150. The number of carbonyl (C=O) groups is 1. The first-order valence-electron chi connectivity index (χ1n) is 11.8. The summed E-state index contributed by atoms with van der Waals surface area (Å²) in [5.41, 5.74) is 4.23. The molecule has 4 heteroatoms. The summed E-state index contributed by atoms with van der Waals surface area (Å²) in [5.74, 6) is 0.443. The van der Waals surface area contributed by atoms with Crippen LogP contribution in [0.4, 0.5) is 4.39 Å². The van der Waals surface area contributed by atoms with Crippen LogP contribution in [0.3, 0.4) is 0 Å². The number of nitrogens with one attached hydrogen (secondary N) is 1. The molecule has 32 heavy (non-hydrogen) atoms. The number of halogens is 1. The minimum atomic E-state index is -0.288. The number of carbonyl (C=O) groups excluding carboxylic acids is 1. The van der Waals surface area contributed by atoms with Crippen LogP contribution in [0.25, 0.3) is 10.9 Å². The summed E-state index contributed by atoms with van der Waals surface area (Å²) >= 11 is 0. The van der Waals surface area contributed by atoms with Crippen LogP contribution < -0.4 is 5.32 Å². The van der Waals surface area contributed by atoms with Gasteiger partial charge in [-0.3, -0.25) is 4.79 Å². The van der Waals surface area contributed by atoms with Crippen molar-refractivity contribution in [2.45, 2.75) is 71.4 Å². The third kappa shape index (κ3) is 3.74. The molecule has 1 amide bonds. The molecule has 0 bridgehead atoms. The van der Waals surface area contributed by atoms with Crippen molar-refractivity contribution in [1.29, 1.82) is 0 Å². The van der Waals surface area contributed by atoms with Crippen molar-refractivity contribution in [2.75, 3.05) is 0 Å². The first-order valence-corrected chi connectivity index (χ1v) is 11.8. The maximum Gasteiger partial charge on any atom is 0.253 e. The summed E-state index contributed by atoms with van der Waals surface area (Å²) in [5, 5.41) is 3.71. The van der Waals surface area contributed by atoms with Crippen molar-refractivity contribution >= 4 is 16.8 Å². The first-order chi connectivity index (χ1) is 15.1. The Hall–Kier alpha value is -2.62. The molecule has 0 radical (unpaired) electrons. The van der Waals surface area contributed by atoms with E-state index in [1.165, 1.54) is 24.5 Å². The zero-order valence-electron chi connectivity index (χ0n) is 19.5. The summed E-state index contributed by atoms with van der Waals surface area (Å²) in [6.45, 7) is 9.50. The Morgan fingerprint density at radius 2 is 1.75 bits per heavy atom. The summed E-state index contributed by atoms with van der Waals surface area (Å²) in [4.78, 5) is 13.2. The van der Waals surface area contributed by atoms with E-state index in [0.717, 1.165) is 24.3 Å². The Labute approximate surface area is 190 Å². The second-order valence-corrected chi connectivity index (χ2v) is 11.3. The number of aromatic nitrogens is 1. The molecular formula is C28H33FN2O. The quantitative estimate of drug-likeness (QED) is 0.506. The number of hydrogen-bond donors (Lipinski definition) is 1. The molecule has 5 rings (SSSR count). The summed E-state index contributed by atoms with van der Waals surface area (Å²) < 4.78 is 16.5. The van der Waals surface area contributed by atoms with E-state index in [1.807, 2.05) is 10.8 Å². The summed E-state index contributed by atoms with van der Waals surface area (Å²) in [6, 6.07) is 13.6. The Balaban J connectivity index is 1.38. The van der Waals surface area contributed by atoms with Gasteiger partial charge in [0.2, 0.25) is 0 Å². The van der Waals surface area contributed by atoms with E-state index in [2.05, 4.69) is 57.3 Å². The fraction of sp³-hybridized carbons (Fsp3) is 0.464. The number of nitrogens with zero attached hydrogens (tertiary/aromatic N) is 1. The van der Waals surface area contributed by atoms with Crippen molar-refractivity contribution in [3.8, 4) is 0 Å². The standard InChI is InChI=1S/C28H33FN2O/c1-18-13-28(14-18)15-21(16-28)30-26(32)23-9-10-24(29)22-11-12-31(25(22)23)17-19-5-7-20(8-6-19)27(2,3)4/h5-12,18,21H,13-17H2,1-4H3,(H,30,32). The minimum Gasteiger partial charge on any atom is -0.349 e. The number of rotatable bonds is 4. The molecule has 0 atom stereocenters. The van der Waals surface area contributed by atoms with E-state index >= 15 is 0 Å². The molecule has 1 spiro atoms. The molecule has 0 saturated heterocycles. The van der Waals surface area contributed by atoms with Gasteiger partial charge in [0, 0.05) is 24.2 Å². The monoisotopic (exact) mass is 432 g/mol. The van der Waals surface area contributed by atoms with Gasteiger partial charge < -0.3 is 9.88 Å². The minimum absolute atomic E-state index is 0.0924. The summed E-state index contributed by atoms with van der Waals surface area (Å²) in [7, 11) is 0. The molecule has 1 aromatic heterocycles. The SMILES string of the molecule is CC1CC2(C1)CC(NC(=O)c1ccc(F)c3ccn(Cc4ccc(C(C)(C)C)cc4)c13)C2. The summed E-state index contributed by atoms with van der Waals surface area (Å²) in [6.07, 6.45) is 6.62. The van der Waals surface area contributed by atoms with Gasteiger partial charge in [-0.1, -0.05) is 52.0 Å². The molecule has 168 valence electrons. The molecule has 2 aliphatic carbocycles. The average molecular weight is 433 g/mol. The highest BCUT2D eigenvalue weighted by molar-refractivity contribution is 6.06. The second-order valence-electron chi connectivity index (χ2n) is 11.3. The van der Waals surface area contributed by atoms with Gasteiger partial charge >= 0.3 is 0 Å². The van der Waals surface area contributed by atoms with Gasteiger partial charge in [-0.05, 0) is 71.8 Å². The number of fused-ring (bicyclic) bond motifs is 1. The van der Waals surface area contributed by atoms with Crippen LogP contribution in [0.15, 0.2) is 48.7 Å². The van der Waals surface area contributed by atoms with Crippen LogP contribution in [-0.2, 0) is 12.0 Å². The van der Waals surface area contributed by atoms with E-state index in [0.29, 0.717) is 28.4 Å². The highest BCUT2D eigenvalue weighted by Gasteiger charge is 2.51. The molecule has 2 aromatic carbocycles. The largest absolute Gasteiger partial charge is 0.349 e. The highest BCUT2D eigenvalue weighted by atomic mass is 19.1. The van der Waals surface area contributed by atoms with E-state index in [9.17, 15) is 9.18 Å². The predicted molar refractivity (Wildman–Crippen MR) is 127 cm³/mol. The number of benzene rings is 2. The number of amides is 1. The fourth-order valence-corrected chi connectivity index (χ4v) is 6.02. The Morgan fingerprint density at radius 1 is 1.06 bits per heavy atom. The predicted octanol–water partition coefficient (Wildman–Crippen LogP) is 6.43. The van der Waals surface area contributed by atoms with Gasteiger partial charge in [0.25, 0.3) is 5.91 Å². The van der Waals surface area contributed by atoms with Gasteiger partial charge in [-0.25, -0.2) is 4.39 Å². The van der Waals surface area contributed by atoms with Crippen molar-refractivity contribution in [3.63, 3.8) is 0 Å². The maximum atomic E-state index is 14.6. The molecule has 2 aliphatic rings. The van der Waals surface area contributed by atoms with Crippen LogP contribution in [0.2, 0.25) is 0 Å². The van der Waals surface area contributed by atoms with Crippen molar-refractivity contribution in [3.05, 3.63) is 71.2 Å². The average Bonchev–Trinajstić information content (AvgIpc) is 3.10. The zero-order chi connectivity index (χ0) is 22.7. The van der Waals surface area contributed by atoms with Crippen molar-refractivity contribution in [1.82, 2.24) is 9.88 Å². The van der Waals surface area contributed by atoms with Crippen LogP contribution in [0, 0.1) is 17.2 Å². The third-order valence-electron chi connectivity index (χ3n) is 7.55. The van der Waals surface area contributed by atoms with E-state index < -0.39 is 0 Å². The molecule has 1 heterocycles. The van der Waals surface area contributed by atoms with Gasteiger partial charge in [-0.2, -0.15) is 0 Å². The Morgan fingerprint density at radius 3 is 2.38 bits per heavy atom. The lowest BCUT2D eigenvalue weighted by Gasteiger charge is -2.57. The second kappa shape index (κ2) is 7.47. The smallest absolute Gasteiger partial charge is 0.253 e. The van der Waals surface area contributed by atoms with Crippen molar-refractivity contribution < 1.29 is 9.18 Å². The highest BCUT2D eigenvalue weighted by Crippen LogP contribution is 2.58. The van der Waals surface area contributed by atoms with Gasteiger partial charge in [-0.15, -0.1) is 0 Å². The lowest BCUT2D eigenvalue weighted by molar-refractivity contribution is -0.0399. The molecule has 3 aromatic rings. The lowest BCUT2D eigenvalue weighted by atomic mass is 9.50. The Kier molecular flexibility index (Phi) is 4.96. The van der Waals surface area contributed by atoms with Gasteiger partial charge in [0.05, 0.1) is 11.1 Å². The molecule has 0 unspecified atom stereocenters. The molecular weight excluding hydrogens is 399 g/mol. The van der Waals surface area contributed by atoms with Crippen LogP contribution in [0.5, 0.6) is 0 Å². The van der Waals surface area contributed by atoms with E-state index in [-0.39, 0.29) is 23.2 Å². The topological polar surface area (TPSA) is 34.0 Å². The van der Waals surface area contributed by atoms with Gasteiger partial charge in [0.1, 0.15) is 5.82 Å².